The molecule has 0 unspecified atom stereocenters. The summed E-state index contributed by atoms with van der Waals surface area (Å²) in [6.45, 7) is 1.96. The average Bonchev–Trinajstić information content (AvgIpc) is 2.09. The lowest BCUT2D eigenvalue weighted by Gasteiger charge is -2.33. The third kappa shape index (κ3) is 2.85. The van der Waals surface area contributed by atoms with E-state index < -0.39 is 0 Å². The van der Waals surface area contributed by atoms with Gasteiger partial charge in [0.25, 0.3) is 0 Å². The van der Waals surface area contributed by atoms with Gasteiger partial charge in [-0.25, -0.2) is 0 Å². The minimum Gasteiger partial charge on any atom is -0.469 e. The van der Waals surface area contributed by atoms with E-state index in [1.165, 1.54) is 7.11 Å². The van der Waals surface area contributed by atoms with E-state index in [-0.39, 0.29) is 29.8 Å². The van der Waals surface area contributed by atoms with Gasteiger partial charge in [-0.15, -0.1) is 12.4 Å². The predicted octanol–water partition coefficient (Wildman–Crippen LogP) is 1.49. The number of methoxy groups -OCH3 is 1. The van der Waals surface area contributed by atoms with Crippen LogP contribution >= 0.6 is 12.4 Å². The molecule has 4 heteroatoms. The first-order valence-corrected chi connectivity index (χ1v) is 4.42. The molecule has 1 aliphatic carbocycles. The molecule has 2 N–H and O–H groups in total. The Kier molecular flexibility index (Phi) is 4.71. The molecule has 0 saturated heterocycles. The monoisotopic (exact) mass is 207 g/mol. The molecular formula is C9H18ClNO2. The van der Waals surface area contributed by atoms with Gasteiger partial charge in [0, 0.05) is 6.04 Å². The van der Waals surface area contributed by atoms with E-state index in [0.717, 1.165) is 25.7 Å². The van der Waals surface area contributed by atoms with Crippen molar-refractivity contribution in [2.45, 2.75) is 38.6 Å². The number of ether oxygens (including phenoxy) is 1. The van der Waals surface area contributed by atoms with Gasteiger partial charge in [-0.1, -0.05) is 0 Å². The highest BCUT2D eigenvalue weighted by Crippen LogP contribution is 2.36. The zero-order chi connectivity index (χ0) is 9.19. The molecule has 0 aromatic rings. The van der Waals surface area contributed by atoms with Crippen LogP contribution in [0.25, 0.3) is 0 Å². The fourth-order valence-corrected chi connectivity index (χ4v) is 1.73. The van der Waals surface area contributed by atoms with Crippen molar-refractivity contribution in [3.8, 4) is 0 Å². The van der Waals surface area contributed by atoms with Crippen LogP contribution in [0.3, 0.4) is 0 Å². The van der Waals surface area contributed by atoms with Crippen molar-refractivity contribution in [1.29, 1.82) is 0 Å². The maximum atomic E-state index is 11.3. The van der Waals surface area contributed by atoms with Crippen LogP contribution in [0.1, 0.15) is 32.6 Å². The van der Waals surface area contributed by atoms with Crippen LogP contribution in [0, 0.1) is 5.41 Å². The fourth-order valence-electron chi connectivity index (χ4n) is 1.73. The van der Waals surface area contributed by atoms with E-state index >= 15 is 0 Å². The second-order valence-electron chi connectivity index (χ2n) is 3.89. The topological polar surface area (TPSA) is 52.3 Å². The van der Waals surface area contributed by atoms with E-state index in [1.54, 1.807) is 0 Å². The third-order valence-corrected chi connectivity index (χ3v) is 2.81. The van der Waals surface area contributed by atoms with Crippen molar-refractivity contribution in [1.82, 2.24) is 0 Å². The van der Waals surface area contributed by atoms with Crippen molar-refractivity contribution < 1.29 is 9.53 Å². The summed E-state index contributed by atoms with van der Waals surface area (Å²) < 4.78 is 4.75. The summed E-state index contributed by atoms with van der Waals surface area (Å²) in [4.78, 5) is 11.3. The van der Waals surface area contributed by atoms with Gasteiger partial charge in [0.15, 0.2) is 0 Å². The van der Waals surface area contributed by atoms with Gasteiger partial charge in [-0.2, -0.15) is 0 Å². The van der Waals surface area contributed by atoms with Crippen molar-refractivity contribution in [2.24, 2.45) is 11.1 Å². The molecule has 1 aliphatic rings. The minimum absolute atomic E-state index is 0. The minimum atomic E-state index is -0.273. The third-order valence-electron chi connectivity index (χ3n) is 2.81. The lowest BCUT2D eigenvalue weighted by molar-refractivity contribution is -0.153. The van der Waals surface area contributed by atoms with Crippen molar-refractivity contribution in [3.63, 3.8) is 0 Å². The molecule has 78 valence electrons. The van der Waals surface area contributed by atoms with Crippen LogP contribution in [-0.2, 0) is 9.53 Å². The predicted molar refractivity (Wildman–Crippen MR) is 53.8 cm³/mol. The van der Waals surface area contributed by atoms with Gasteiger partial charge in [0.05, 0.1) is 12.5 Å². The zero-order valence-electron chi connectivity index (χ0n) is 8.21. The number of hydrogen-bond donors (Lipinski definition) is 1. The van der Waals surface area contributed by atoms with E-state index in [4.69, 9.17) is 10.5 Å². The standard InChI is InChI=1S/C9H17NO2.ClH/c1-9(8(11)12-2)5-3-7(10)4-6-9;/h7H,3-6,10H2,1-2H3;1H/t7-,9-;. The maximum absolute atomic E-state index is 11.3. The molecule has 0 aromatic heterocycles. The lowest BCUT2D eigenvalue weighted by atomic mass is 9.74. The molecule has 0 heterocycles. The summed E-state index contributed by atoms with van der Waals surface area (Å²) in [6.07, 6.45) is 3.60. The van der Waals surface area contributed by atoms with Crippen molar-refractivity contribution in [3.05, 3.63) is 0 Å². The average molecular weight is 208 g/mol. The van der Waals surface area contributed by atoms with Crippen LogP contribution in [0.5, 0.6) is 0 Å². The molecule has 13 heavy (non-hydrogen) atoms. The number of carbonyl (C=O) groups excluding carboxylic acids is 1. The van der Waals surface area contributed by atoms with Crippen LogP contribution in [0.15, 0.2) is 0 Å². The normalized spacial score (nSPS) is 33.3. The summed E-state index contributed by atoms with van der Waals surface area (Å²) >= 11 is 0. The quantitative estimate of drug-likeness (QED) is 0.663. The number of hydrogen-bond acceptors (Lipinski definition) is 3. The Labute approximate surface area is 85.4 Å². The molecule has 1 fully saturated rings. The number of rotatable bonds is 1. The van der Waals surface area contributed by atoms with Crippen LogP contribution < -0.4 is 5.73 Å². The largest absolute Gasteiger partial charge is 0.469 e. The van der Waals surface area contributed by atoms with E-state index in [0.29, 0.717) is 0 Å². The molecule has 0 bridgehead atoms. The van der Waals surface area contributed by atoms with Crippen molar-refractivity contribution in [2.75, 3.05) is 7.11 Å². The SMILES string of the molecule is COC(=O)[C@]1(C)CC[C@@H](N)CC1.Cl. The molecule has 0 aromatic carbocycles. The number of carbonyl (C=O) groups is 1. The van der Waals surface area contributed by atoms with Crippen molar-refractivity contribution >= 4 is 18.4 Å². The lowest BCUT2D eigenvalue weighted by Crippen LogP contribution is -2.37. The molecular weight excluding hydrogens is 190 g/mol. The Morgan fingerprint density at radius 3 is 2.31 bits per heavy atom. The smallest absolute Gasteiger partial charge is 0.311 e. The molecule has 0 radical (unpaired) electrons. The molecule has 3 nitrogen and oxygen atoms in total. The molecule has 0 amide bonds. The molecule has 0 spiro atoms. The highest BCUT2D eigenvalue weighted by Gasteiger charge is 2.37. The fraction of sp³-hybridized carbons (Fsp3) is 0.889. The van der Waals surface area contributed by atoms with Gasteiger partial charge in [-0.05, 0) is 32.6 Å². The highest BCUT2D eigenvalue weighted by atomic mass is 35.5. The van der Waals surface area contributed by atoms with E-state index in [2.05, 4.69) is 0 Å². The first-order chi connectivity index (χ1) is 5.58. The Morgan fingerprint density at radius 1 is 1.46 bits per heavy atom. The molecule has 0 atom stereocenters. The van der Waals surface area contributed by atoms with E-state index in [1.807, 2.05) is 6.92 Å². The Morgan fingerprint density at radius 2 is 1.92 bits per heavy atom. The van der Waals surface area contributed by atoms with Gasteiger partial charge in [0.2, 0.25) is 0 Å². The highest BCUT2D eigenvalue weighted by molar-refractivity contribution is 5.85. The molecule has 0 aliphatic heterocycles. The van der Waals surface area contributed by atoms with Gasteiger partial charge in [0.1, 0.15) is 0 Å². The molecule has 1 rings (SSSR count). The first-order valence-electron chi connectivity index (χ1n) is 4.42. The number of nitrogens with two attached hydrogens (primary N) is 1. The summed E-state index contributed by atoms with van der Waals surface area (Å²) in [7, 11) is 1.45. The summed E-state index contributed by atoms with van der Waals surface area (Å²) in [5.74, 6) is -0.0885. The van der Waals surface area contributed by atoms with Crippen LogP contribution in [-0.4, -0.2) is 19.1 Å². The number of esters is 1. The van der Waals surface area contributed by atoms with Gasteiger partial charge >= 0.3 is 5.97 Å². The second-order valence-corrected chi connectivity index (χ2v) is 3.89. The number of halogens is 1. The summed E-state index contributed by atoms with van der Waals surface area (Å²) in [6, 6.07) is 0.280. The molecule has 1 saturated carbocycles. The van der Waals surface area contributed by atoms with Crippen LogP contribution in [0.2, 0.25) is 0 Å². The Balaban J connectivity index is 0.00000144. The maximum Gasteiger partial charge on any atom is 0.311 e. The van der Waals surface area contributed by atoms with Gasteiger partial charge in [-0.3, -0.25) is 4.79 Å². The van der Waals surface area contributed by atoms with Crippen LogP contribution in [0.4, 0.5) is 0 Å². The summed E-state index contributed by atoms with van der Waals surface area (Å²) in [5, 5.41) is 0. The zero-order valence-corrected chi connectivity index (χ0v) is 9.02. The summed E-state index contributed by atoms with van der Waals surface area (Å²) in [5.41, 5.74) is 5.47. The van der Waals surface area contributed by atoms with Gasteiger partial charge < -0.3 is 10.5 Å². The Bertz CT molecular complexity index is 176. The first kappa shape index (κ1) is 12.7. The van der Waals surface area contributed by atoms with E-state index in [9.17, 15) is 4.79 Å². The second kappa shape index (κ2) is 4.82. The Hall–Kier alpha value is -0.280.